The molecule has 10 heteroatoms. The predicted octanol–water partition coefficient (Wildman–Crippen LogP) is 6.69. The lowest BCUT2D eigenvalue weighted by molar-refractivity contribution is -0.149. The van der Waals surface area contributed by atoms with Crippen LogP contribution in [0.1, 0.15) is 37.5 Å². The van der Waals surface area contributed by atoms with Gasteiger partial charge in [0.15, 0.2) is 11.5 Å². The second-order valence-electron chi connectivity index (χ2n) is 8.28. The fraction of sp³-hybridized carbons (Fsp3) is 0.296. The average Bonchev–Trinajstić information content (AvgIpc) is 3.08. The Morgan fingerprint density at radius 3 is 2.54 bits per heavy atom. The molecule has 2 aromatic rings. The number of imide groups is 1. The summed E-state index contributed by atoms with van der Waals surface area (Å²) in [7, 11) is 0. The van der Waals surface area contributed by atoms with Gasteiger partial charge in [-0.1, -0.05) is 35.3 Å². The summed E-state index contributed by atoms with van der Waals surface area (Å²) in [6.45, 7) is 9.24. The van der Waals surface area contributed by atoms with Crippen molar-refractivity contribution in [1.82, 2.24) is 4.90 Å². The van der Waals surface area contributed by atoms with Crippen LogP contribution in [0.5, 0.6) is 11.5 Å². The first-order valence-corrected chi connectivity index (χ1v) is 13.1. The van der Waals surface area contributed by atoms with Crippen LogP contribution in [0.3, 0.4) is 0 Å². The minimum absolute atomic E-state index is 0.193. The topological polar surface area (TPSA) is 82.1 Å². The molecule has 1 aliphatic heterocycles. The maximum absolute atomic E-state index is 12.9. The first kappa shape index (κ1) is 28.6. The van der Waals surface area contributed by atoms with Gasteiger partial charge in [0.25, 0.3) is 11.1 Å². The third-order valence-electron chi connectivity index (χ3n) is 5.01. The van der Waals surface area contributed by atoms with Crippen LogP contribution < -0.4 is 9.47 Å². The number of hydrogen-bond acceptors (Lipinski definition) is 7. The summed E-state index contributed by atoms with van der Waals surface area (Å²) in [6, 6.07) is 8.84. The minimum atomic E-state index is -0.645. The number of amides is 2. The molecule has 2 amide bonds. The monoisotopic (exact) mass is 563 g/mol. The van der Waals surface area contributed by atoms with Crippen molar-refractivity contribution in [3.63, 3.8) is 0 Å². The maximum Gasteiger partial charge on any atom is 0.326 e. The summed E-state index contributed by atoms with van der Waals surface area (Å²) < 4.78 is 17.0. The number of allylic oxidation sites excluding steroid dienone is 1. The summed E-state index contributed by atoms with van der Waals surface area (Å²) in [5.41, 5.74) is 2.25. The predicted molar refractivity (Wildman–Crippen MR) is 146 cm³/mol. The Hall–Kier alpha value is -2.94. The molecule has 1 saturated heterocycles. The van der Waals surface area contributed by atoms with Crippen LogP contribution in [-0.4, -0.2) is 41.3 Å². The molecule has 0 unspecified atom stereocenters. The van der Waals surface area contributed by atoms with E-state index in [1.54, 1.807) is 44.2 Å². The number of carbonyl (C=O) groups excluding carboxylic acids is 3. The van der Waals surface area contributed by atoms with Crippen LogP contribution in [0.15, 0.2) is 47.9 Å². The highest BCUT2D eigenvalue weighted by atomic mass is 35.5. The SMILES string of the molecule is C=CCc1cc(/C=C2/SC(=O)N(CC(=O)OC(C)C)C2=O)cc(OCC)c1OCc1ccc(Cl)c(Cl)c1. The number of esters is 1. The van der Waals surface area contributed by atoms with Crippen molar-refractivity contribution in [3.05, 3.63) is 74.6 Å². The third-order valence-corrected chi connectivity index (χ3v) is 6.66. The van der Waals surface area contributed by atoms with Crippen LogP contribution in [0, 0.1) is 0 Å². The van der Waals surface area contributed by atoms with Crippen molar-refractivity contribution in [2.45, 2.75) is 39.9 Å². The van der Waals surface area contributed by atoms with Crippen molar-refractivity contribution >= 4 is 58.2 Å². The van der Waals surface area contributed by atoms with Crippen molar-refractivity contribution in [1.29, 1.82) is 0 Å². The molecule has 0 spiro atoms. The Bertz CT molecular complexity index is 1240. The number of nitrogens with zero attached hydrogens (tertiary/aromatic N) is 1. The van der Waals surface area contributed by atoms with Gasteiger partial charge in [0.05, 0.1) is 27.7 Å². The van der Waals surface area contributed by atoms with Crippen LogP contribution in [0.4, 0.5) is 4.79 Å². The molecule has 0 atom stereocenters. The number of ether oxygens (including phenoxy) is 3. The molecular weight excluding hydrogens is 537 g/mol. The summed E-state index contributed by atoms with van der Waals surface area (Å²) >= 11 is 12.9. The fourth-order valence-electron chi connectivity index (χ4n) is 3.50. The Morgan fingerprint density at radius 1 is 1.14 bits per heavy atom. The summed E-state index contributed by atoms with van der Waals surface area (Å²) in [5.74, 6) is -0.185. The Morgan fingerprint density at radius 2 is 1.89 bits per heavy atom. The third kappa shape index (κ3) is 7.53. The highest BCUT2D eigenvalue weighted by molar-refractivity contribution is 8.18. The van der Waals surface area contributed by atoms with Gasteiger partial charge in [-0.2, -0.15) is 0 Å². The van der Waals surface area contributed by atoms with Crippen LogP contribution in [0.2, 0.25) is 10.0 Å². The molecule has 2 aromatic carbocycles. The molecule has 0 radical (unpaired) electrons. The number of benzene rings is 2. The van der Waals surface area contributed by atoms with E-state index in [2.05, 4.69) is 6.58 Å². The average molecular weight is 564 g/mol. The molecule has 1 heterocycles. The molecule has 0 aromatic heterocycles. The van der Waals surface area contributed by atoms with E-state index in [0.29, 0.717) is 40.1 Å². The van der Waals surface area contributed by atoms with Gasteiger partial charge in [0.2, 0.25) is 0 Å². The van der Waals surface area contributed by atoms with Gasteiger partial charge in [0, 0.05) is 5.56 Å². The van der Waals surface area contributed by atoms with E-state index in [-0.39, 0.29) is 17.6 Å². The smallest absolute Gasteiger partial charge is 0.326 e. The Kier molecular flexibility index (Phi) is 10.1. The van der Waals surface area contributed by atoms with E-state index in [1.165, 1.54) is 0 Å². The Labute approximate surface area is 230 Å². The number of halogens is 2. The highest BCUT2D eigenvalue weighted by Gasteiger charge is 2.37. The van der Waals surface area contributed by atoms with Gasteiger partial charge in [-0.05, 0) is 80.4 Å². The zero-order chi connectivity index (χ0) is 27.1. The summed E-state index contributed by atoms with van der Waals surface area (Å²) in [6.07, 6.45) is 3.45. The normalized spacial score (nSPS) is 14.4. The van der Waals surface area contributed by atoms with E-state index >= 15 is 0 Å². The van der Waals surface area contributed by atoms with Crippen molar-refractivity contribution in [3.8, 4) is 11.5 Å². The molecule has 196 valence electrons. The van der Waals surface area contributed by atoms with E-state index in [4.69, 9.17) is 37.4 Å². The number of hydrogen-bond donors (Lipinski definition) is 0. The van der Waals surface area contributed by atoms with Gasteiger partial charge in [0.1, 0.15) is 13.2 Å². The van der Waals surface area contributed by atoms with Gasteiger partial charge < -0.3 is 14.2 Å². The largest absolute Gasteiger partial charge is 0.490 e. The molecule has 0 bridgehead atoms. The van der Waals surface area contributed by atoms with Crippen molar-refractivity contribution < 1.29 is 28.6 Å². The molecule has 0 aliphatic carbocycles. The number of thioether (sulfide) groups is 1. The molecule has 0 saturated carbocycles. The lowest BCUT2D eigenvalue weighted by Crippen LogP contribution is -2.35. The zero-order valence-corrected chi connectivity index (χ0v) is 23.0. The van der Waals surface area contributed by atoms with Gasteiger partial charge >= 0.3 is 5.97 Å². The number of carbonyl (C=O) groups is 3. The molecule has 1 aliphatic rings. The molecule has 7 nitrogen and oxygen atoms in total. The van der Waals surface area contributed by atoms with E-state index in [9.17, 15) is 14.4 Å². The van der Waals surface area contributed by atoms with Gasteiger partial charge in [-0.25, -0.2) is 0 Å². The van der Waals surface area contributed by atoms with Gasteiger partial charge in [-0.3, -0.25) is 19.3 Å². The minimum Gasteiger partial charge on any atom is -0.490 e. The van der Waals surface area contributed by atoms with E-state index in [0.717, 1.165) is 27.8 Å². The zero-order valence-electron chi connectivity index (χ0n) is 20.7. The van der Waals surface area contributed by atoms with Gasteiger partial charge in [-0.15, -0.1) is 6.58 Å². The standard InChI is InChI=1S/C27H27Cl2NO6S/c1-5-7-19-10-18(13-23-26(32)30(27(33)37-23)14-24(31)36-16(3)4)12-22(34-6-2)25(19)35-15-17-8-9-20(28)21(29)11-17/h5,8-13,16H,1,6-7,14-15H2,2-4H3/b23-13+. The Balaban J connectivity index is 1.89. The van der Waals surface area contributed by atoms with E-state index in [1.807, 2.05) is 19.1 Å². The molecule has 3 rings (SSSR count). The molecule has 1 fully saturated rings. The van der Waals surface area contributed by atoms with Crippen molar-refractivity contribution in [2.24, 2.45) is 0 Å². The lowest BCUT2D eigenvalue weighted by atomic mass is 10.0. The lowest BCUT2D eigenvalue weighted by Gasteiger charge is -2.17. The quantitative estimate of drug-likeness (QED) is 0.171. The van der Waals surface area contributed by atoms with Crippen molar-refractivity contribution in [2.75, 3.05) is 13.2 Å². The molecular formula is C27H27Cl2NO6S. The first-order chi connectivity index (χ1) is 17.6. The van der Waals surface area contributed by atoms with Crippen LogP contribution in [0.25, 0.3) is 6.08 Å². The van der Waals surface area contributed by atoms with Crippen LogP contribution in [-0.2, 0) is 27.4 Å². The highest BCUT2D eigenvalue weighted by Crippen LogP contribution is 2.38. The number of rotatable bonds is 11. The molecule has 0 N–H and O–H groups in total. The second-order valence-corrected chi connectivity index (χ2v) is 10.1. The molecule has 37 heavy (non-hydrogen) atoms. The summed E-state index contributed by atoms with van der Waals surface area (Å²) in [5, 5.41) is 0.356. The second kappa shape index (κ2) is 13.0. The van der Waals surface area contributed by atoms with E-state index < -0.39 is 23.7 Å². The fourth-order valence-corrected chi connectivity index (χ4v) is 4.66. The first-order valence-electron chi connectivity index (χ1n) is 11.5. The van der Waals surface area contributed by atoms with Crippen LogP contribution >= 0.6 is 35.0 Å². The maximum atomic E-state index is 12.9. The summed E-state index contributed by atoms with van der Waals surface area (Å²) in [4.78, 5) is 38.3.